The minimum atomic E-state index is 0.623. The molecule has 0 aliphatic carbocycles. The summed E-state index contributed by atoms with van der Waals surface area (Å²) in [6.07, 6.45) is 0. The molecule has 0 heterocycles. The second-order valence-electron chi connectivity index (χ2n) is 2.53. The van der Waals surface area contributed by atoms with Gasteiger partial charge >= 0.3 is 0 Å². The van der Waals surface area contributed by atoms with E-state index in [2.05, 4.69) is 60.7 Å². The van der Waals surface area contributed by atoms with E-state index in [4.69, 9.17) is 0 Å². The van der Waals surface area contributed by atoms with Gasteiger partial charge in [-0.15, -0.1) is 0 Å². The Kier molecular flexibility index (Phi) is 2.72. The molecule has 10 heavy (non-hydrogen) atoms. The lowest BCUT2D eigenvalue weighted by Gasteiger charge is -2.02. The Morgan fingerprint density at radius 1 is 1.40 bits per heavy atom. The number of alkyl halides is 1. The van der Waals surface area contributed by atoms with E-state index in [1.165, 1.54) is 11.1 Å². The van der Waals surface area contributed by atoms with E-state index in [0.29, 0.717) is 3.92 Å². The standard InChI is InChI=1S/C9H11I/c1-7-4-3-5-9(6-7)8(2)10/h3-6,8H,1-2H3/t8-/m1/s1. The average molecular weight is 246 g/mol. The van der Waals surface area contributed by atoms with Gasteiger partial charge in [0.05, 0.1) is 0 Å². The van der Waals surface area contributed by atoms with Gasteiger partial charge in [-0.1, -0.05) is 52.4 Å². The Bertz CT molecular complexity index is 216. The van der Waals surface area contributed by atoms with Crippen molar-refractivity contribution in [1.29, 1.82) is 0 Å². The fraction of sp³-hybridized carbons (Fsp3) is 0.333. The van der Waals surface area contributed by atoms with Crippen LogP contribution in [0.1, 0.15) is 22.0 Å². The van der Waals surface area contributed by atoms with Crippen LogP contribution in [-0.2, 0) is 0 Å². The lowest BCUT2D eigenvalue weighted by molar-refractivity contribution is 1.14. The molecule has 0 bridgehead atoms. The summed E-state index contributed by atoms with van der Waals surface area (Å²) in [5.74, 6) is 0. The molecule has 1 aromatic rings. The zero-order chi connectivity index (χ0) is 7.56. The van der Waals surface area contributed by atoms with E-state index in [9.17, 15) is 0 Å². The van der Waals surface area contributed by atoms with Gasteiger partial charge in [0.25, 0.3) is 0 Å². The summed E-state index contributed by atoms with van der Waals surface area (Å²) in [4.78, 5) is 0. The molecule has 0 radical (unpaired) electrons. The van der Waals surface area contributed by atoms with Gasteiger partial charge < -0.3 is 0 Å². The third-order valence-electron chi connectivity index (χ3n) is 1.50. The van der Waals surface area contributed by atoms with Crippen LogP contribution >= 0.6 is 22.6 Å². The number of benzene rings is 1. The van der Waals surface area contributed by atoms with Crippen molar-refractivity contribution >= 4 is 22.6 Å². The van der Waals surface area contributed by atoms with Gasteiger partial charge in [0, 0.05) is 3.92 Å². The molecule has 1 rings (SSSR count). The van der Waals surface area contributed by atoms with Gasteiger partial charge in [-0.25, -0.2) is 0 Å². The minimum absolute atomic E-state index is 0.623. The van der Waals surface area contributed by atoms with Gasteiger partial charge in [0.2, 0.25) is 0 Å². The first-order valence-electron chi connectivity index (χ1n) is 3.41. The smallest absolute Gasteiger partial charge is 0.0331 e. The summed E-state index contributed by atoms with van der Waals surface area (Å²) in [5, 5.41) is 0. The summed E-state index contributed by atoms with van der Waals surface area (Å²) in [6.45, 7) is 4.33. The summed E-state index contributed by atoms with van der Waals surface area (Å²) in [5.41, 5.74) is 2.77. The van der Waals surface area contributed by atoms with Crippen LogP contribution in [0.25, 0.3) is 0 Å². The molecule has 0 saturated carbocycles. The molecule has 0 saturated heterocycles. The summed E-state index contributed by atoms with van der Waals surface area (Å²) in [6, 6.07) is 8.64. The van der Waals surface area contributed by atoms with Gasteiger partial charge in [-0.3, -0.25) is 0 Å². The van der Waals surface area contributed by atoms with Crippen molar-refractivity contribution in [1.82, 2.24) is 0 Å². The predicted octanol–water partition coefficient (Wildman–Crippen LogP) is 3.49. The minimum Gasteiger partial charge on any atom is -0.0777 e. The molecule has 54 valence electrons. The Hall–Kier alpha value is -0.0500. The highest BCUT2D eigenvalue weighted by molar-refractivity contribution is 14.1. The van der Waals surface area contributed by atoms with Crippen molar-refractivity contribution in [3.8, 4) is 0 Å². The van der Waals surface area contributed by atoms with Crippen molar-refractivity contribution in [2.45, 2.75) is 17.8 Å². The SMILES string of the molecule is Cc1cccc([C@@H](C)I)c1. The third-order valence-corrected chi connectivity index (χ3v) is 2.22. The predicted molar refractivity (Wildman–Crippen MR) is 53.6 cm³/mol. The Morgan fingerprint density at radius 2 is 2.10 bits per heavy atom. The second kappa shape index (κ2) is 3.37. The maximum Gasteiger partial charge on any atom is 0.0331 e. The van der Waals surface area contributed by atoms with Crippen LogP contribution in [0.5, 0.6) is 0 Å². The molecule has 0 unspecified atom stereocenters. The maximum atomic E-state index is 2.42. The normalized spacial score (nSPS) is 13.1. The number of halogens is 1. The first-order valence-corrected chi connectivity index (χ1v) is 4.65. The molecule has 0 amide bonds. The van der Waals surface area contributed by atoms with Gasteiger partial charge in [0.15, 0.2) is 0 Å². The molecule has 1 heteroatoms. The Balaban J connectivity index is 2.96. The molecular formula is C9H11I. The highest BCUT2D eigenvalue weighted by Gasteiger charge is 1.97. The first kappa shape index (κ1) is 8.05. The van der Waals surface area contributed by atoms with E-state index < -0.39 is 0 Å². The van der Waals surface area contributed by atoms with Crippen LogP contribution in [-0.4, -0.2) is 0 Å². The molecule has 1 aromatic carbocycles. The van der Waals surface area contributed by atoms with Crippen molar-refractivity contribution in [2.24, 2.45) is 0 Å². The van der Waals surface area contributed by atoms with Crippen LogP contribution in [0.3, 0.4) is 0 Å². The topological polar surface area (TPSA) is 0 Å². The van der Waals surface area contributed by atoms with Gasteiger partial charge in [-0.05, 0) is 19.4 Å². The number of hydrogen-bond acceptors (Lipinski definition) is 0. The largest absolute Gasteiger partial charge is 0.0777 e. The lowest BCUT2D eigenvalue weighted by atomic mass is 10.1. The zero-order valence-electron chi connectivity index (χ0n) is 6.26. The van der Waals surface area contributed by atoms with E-state index in [-0.39, 0.29) is 0 Å². The van der Waals surface area contributed by atoms with Gasteiger partial charge in [0.1, 0.15) is 0 Å². The molecule has 0 spiro atoms. The van der Waals surface area contributed by atoms with Crippen molar-refractivity contribution in [3.05, 3.63) is 35.4 Å². The van der Waals surface area contributed by atoms with Crippen LogP contribution < -0.4 is 0 Å². The van der Waals surface area contributed by atoms with E-state index in [1.807, 2.05) is 0 Å². The van der Waals surface area contributed by atoms with Crippen LogP contribution in [0.15, 0.2) is 24.3 Å². The molecule has 0 aliphatic heterocycles. The number of hydrogen-bond donors (Lipinski definition) is 0. The quantitative estimate of drug-likeness (QED) is 0.525. The Morgan fingerprint density at radius 3 is 2.50 bits per heavy atom. The highest BCUT2D eigenvalue weighted by atomic mass is 127. The molecule has 0 N–H and O–H groups in total. The molecular weight excluding hydrogens is 235 g/mol. The lowest BCUT2D eigenvalue weighted by Crippen LogP contribution is -1.82. The van der Waals surface area contributed by atoms with Crippen molar-refractivity contribution < 1.29 is 0 Å². The first-order chi connectivity index (χ1) is 4.70. The average Bonchev–Trinajstić information content (AvgIpc) is 1.88. The van der Waals surface area contributed by atoms with Crippen molar-refractivity contribution in [3.63, 3.8) is 0 Å². The fourth-order valence-corrected chi connectivity index (χ4v) is 1.30. The summed E-state index contributed by atoms with van der Waals surface area (Å²) < 4.78 is 0.623. The van der Waals surface area contributed by atoms with Crippen LogP contribution in [0.2, 0.25) is 0 Å². The molecule has 0 fully saturated rings. The third kappa shape index (κ3) is 1.97. The fourth-order valence-electron chi connectivity index (χ4n) is 0.918. The van der Waals surface area contributed by atoms with E-state index in [1.54, 1.807) is 0 Å². The number of aryl methyl sites for hydroxylation is 1. The Labute approximate surface area is 75.8 Å². The zero-order valence-corrected chi connectivity index (χ0v) is 8.42. The van der Waals surface area contributed by atoms with E-state index in [0.717, 1.165) is 0 Å². The van der Waals surface area contributed by atoms with Gasteiger partial charge in [-0.2, -0.15) is 0 Å². The molecule has 1 atom stereocenters. The summed E-state index contributed by atoms with van der Waals surface area (Å²) in [7, 11) is 0. The van der Waals surface area contributed by atoms with Crippen LogP contribution in [0.4, 0.5) is 0 Å². The van der Waals surface area contributed by atoms with Crippen molar-refractivity contribution in [2.75, 3.05) is 0 Å². The molecule has 0 aliphatic rings. The molecule has 0 aromatic heterocycles. The number of rotatable bonds is 1. The van der Waals surface area contributed by atoms with Crippen LogP contribution in [0, 0.1) is 6.92 Å². The van der Waals surface area contributed by atoms with E-state index >= 15 is 0 Å². The molecule has 0 nitrogen and oxygen atoms in total. The monoisotopic (exact) mass is 246 g/mol. The highest BCUT2D eigenvalue weighted by Crippen LogP contribution is 2.22. The summed E-state index contributed by atoms with van der Waals surface area (Å²) >= 11 is 2.42. The second-order valence-corrected chi connectivity index (χ2v) is 4.40. The maximum absolute atomic E-state index is 2.42.